The molecule has 0 aliphatic carbocycles. The molecule has 1 aromatic heterocycles. The predicted molar refractivity (Wildman–Crippen MR) is 64.0 cm³/mol. The molecule has 0 fully saturated rings. The minimum Gasteiger partial charge on any atom is -0.359 e. The third-order valence-corrected chi connectivity index (χ3v) is 3.83. The number of amidine groups is 1. The number of aliphatic imine (C=N–C) groups is 1. The normalized spacial score (nSPS) is 20.4. The highest BCUT2D eigenvalue weighted by molar-refractivity contribution is 8.14. The van der Waals surface area contributed by atoms with E-state index in [4.69, 9.17) is 0 Å². The predicted octanol–water partition coefficient (Wildman–Crippen LogP) is 1.39. The molecule has 0 amide bonds. The second-order valence-corrected chi connectivity index (χ2v) is 4.88. The van der Waals surface area contributed by atoms with Crippen LogP contribution in [0, 0.1) is 0 Å². The van der Waals surface area contributed by atoms with Crippen molar-refractivity contribution in [1.29, 1.82) is 0 Å². The maximum atomic E-state index is 4.46. The van der Waals surface area contributed by atoms with Gasteiger partial charge in [-0.2, -0.15) is 5.10 Å². The Morgan fingerprint density at radius 2 is 2.53 bits per heavy atom. The topological polar surface area (TPSA) is 42.2 Å². The van der Waals surface area contributed by atoms with Crippen molar-refractivity contribution in [2.24, 2.45) is 12.0 Å². The number of hydrogen-bond donors (Lipinski definition) is 1. The molecule has 1 aliphatic rings. The molecule has 1 N–H and O–H groups in total. The Hall–Kier alpha value is -0.970. The Bertz CT molecular complexity index is 358. The summed E-state index contributed by atoms with van der Waals surface area (Å²) in [5.41, 5.74) is 1.18. The first-order valence-electron chi connectivity index (χ1n) is 5.21. The molecular weight excluding hydrogens is 208 g/mol. The molecule has 0 saturated carbocycles. The largest absolute Gasteiger partial charge is 0.359 e. The second kappa shape index (κ2) is 4.70. The Balaban J connectivity index is 1.82. The second-order valence-electron chi connectivity index (χ2n) is 3.59. The van der Waals surface area contributed by atoms with Gasteiger partial charge in [0.05, 0.1) is 18.8 Å². The minimum atomic E-state index is 0.666. The summed E-state index contributed by atoms with van der Waals surface area (Å²) in [5, 5.41) is 9.20. The molecular formula is C10H16N4S. The summed E-state index contributed by atoms with van der Waals surface area (Å²) in [6, 6.07) is 2.02. The first-order valence-corrected chi connectivity index (χ1v) is 6.09. The number of nitrogens with zero attached hydrogens (tertiary/aromatic N) is 3. The summed E-state index contributed by atoms with van der Waals surface area (Å²) in [6.45, 7) is 3.96. The lowest BCUT2D eigenvalue weighted by Crippen LogP contribution is -2.20. The van der Waals surface area contributed by atoms with Crippen LogP contribution in [0.5, 0.6) is 0 Å². The van der Waals surface area contributed by atoms with Crippen molar-refractivity contribution in [3.05, 3.63) is 18.0 Å². The van der Waals surface area contributed by atoms with E-state index in [1.54, 1.807) is 0 Å². The average molecular weight is 224 g/mol. The summed E-state index contributed by atoms with van der Waals surface area (Å²) in [5.74, 6) is 0. The molecule has 4 nitrogen and oxygen atoms in total. The van der Waals surface area contributed by atoms with Crippen LogP contribution in [0.3, 0.4) is 0 Å². The van der Waals surface area contributed by atoms with Crippen molar-refractivity contribution in [1.82, 2.24) is 15.1 Å². The van der Waals surface area contributed by atoms with Crippen molar-refractivity contribution in [3.63, 3.8) is 0 Å². The summed E-state index contributed by atoms with van der Waals surface area (Å²) in [7, 11) is 1.95. The number of thioether (sulfide) groups is 1. The maximum absolute atomic E-state index is 4.46. The van der Waals surface area contributed by atoms with Gasteiger partial charge in [0.15, 0.2) is 5.17 Å². The van der Waals surface area contributed by atoms with Gasteiger partial charge < -0.3 is 5.32 Å². The van der Waals surface area contributed by atoms with E-state index in [0.717, 1.165) is 18.3 Å². The van der Waals surface area contributed by atoms with E-state index in [-0.39, 0.29) is 0 Å². The van der Waals surface area contributed by atoms with Crippen LogP contribution >= 0.6 is 11.8 Å². The highest BCUT2D eigenvalue weighted by Crippen LogP contribution is 2.22. The molecule has 1 aromatic rings. The Morgan fingerprint density at radius 1 is 1.67 bits per heavy atom. The summed E-state index contributed by atoms with van der Waals surface area (Å²) < 4.78 is 1.88. The summed E-state index contributed by atoms with van der Waals surface area (Å²) >= 11 is 1.85. The molecule has 0 saturated heterocycles. The molecule has 0 bridgehead atoms. The minimum absolute atomic E-state index is 0.666. The van der Waals surface area contributed by atoms with Crippen LogP contribution in [-0.4, -0.2) is 26.7 Å². The zero-order valence-corrected chi connectivity index (χ0v) is 9.92. The smallest absolute Gasteiger partial charge is 0.157 e. The lowest BCUT2D eigenvalue weighted by atomic mass is 10.3. The Kier molecular flexibility index (Phi) is 3.30. The molecule has 5 heteroatoms. The van der Waals surface area contributed by atoms with Crippen LogP contribution in [0.1, 0.15) is 19.0 Å². The van der Waals surface area contributed by atoms with Gasteiger partial charge in [-0.1, -0.05) is 18.7 Å². The molecule has 15 heavy (non-hydrogen) atoms. The molecule has 1 unspecified atom stereocenters. The number of aromatic nitrogens is 2. The molecule has 82 valence electrons. The SMILES string of the molecule is CCC1CN=C(NCc2ccnn2C)S1. The van der Waals surface area contributed by atoms with E-state index >= 15 is 0 Å². The van der Waals surface area contributed by atoms with Crippen LogP contribution in [-0.2, 0) is 13.6 Å². The summed E-state index contributed by atoms with van der Waals surface area (Å²) in [6.07, 6.45) is 3.00. The van der Waals surface area contributed by atoms with Crippen LogP contribution in [0.25, 0.3) is 0 Å². The fraction of sp³-hybridized carbons (Fsp3) is 0.600. The van der Waals surface area contributed by atoms with Crippen molar-refractivity contribution >= 4 is 16.9 Å². The van der Waals surface area contributed by atoms with E-state index in [1.807, 2.05) is 35.8 Å². The molecule has 0 radical (unpaired) electrons. The van der Waals surface area contributed by atoms with Gasteiger partial charge in [-0.05, 0) is 12.5 Å². The maximum Gasteiger partial charge on any atom is 0.157 e. The number of rotatable bonds is 3. The quantitative estimate of drug-likeness (QED) is 0.843. The van der Waals surface area contributed by atoms with E-state index in [9.17, 15) is 0 Å². The number of aryl methyl sites for hydroxylation is 1. The van der Waals surface area contributed by atoms with Crippen LogP contribution in [0.2, 0.25) is 0 Å². The van der Waals surface area contributed by atoms with Gasteiger partial charge in [-0.15, -0.1) is 0 Å². The van der Waals surface area contributed by atoms with Crippen LogP contribution in [0.15, 0.2) is 17.3 Å². The highest BCUT2D eigenvalue weighted by atomic mass is 32.2. The fourth-order valence-corrected chi connectivity index (χ4v) is 2.40. The molecule has 0 spiro atoms. The summed E-state index contributed by atoms with van der Waals surface area (Å²) in [4.78, 5) is 4.46. The standard InChI is InChI=1S/C10H16N4S/c1-3-9-7-12-10(15-9)11-6-8-4-5-13-14(8)2/h4-5,9H,3,6-7H2,1-2H3,(H,11,12). The van der Waals surface area contributed by atoms with E-state index < -0.39 is 0 Å². The molecule has 1 atom stereocenters. The molecule has 2 rings (SSSR count). The third-order valence-electron chi connectivity index (χ3n) is 2.52. The van der Waals surface area contributed by atoms with Gasteiger partial charge in [0, 0.05) is 18.5 Å². The van der Waals surface area contributed by atoms with E-state index in [0.29, 0.717) is 5.25 Å². The lowest BCUT2D eigenvalue weighted by Gasteiger charge is -2.06. The molecule has 1 aliphatic heterocycles. The highest BCUT2D eigenvalue weighted by Gasteiger charge is 2.17. The molecule has 0 aromatic carbocycles. The van der Waals surface area contributed by atoms with Gasteiger partial charge in [0.2, 0.25) is 0 Å². The van der Waals surface area contributed by atoms with Crippen molar-refractivity contribution < 1.29 is 0 Å². The van der Waals surface area contributed by atoms with Crippen molar-refractivity contribution in [2.45, 2.75) is 25.1 Å². The van der Waals surface area contributed by atoms with Crippen molar-refractivity contribution in [2.75, 3.05) is 6.54 Å². The van der Waals surface area contributed by atoms with Crippen LogP contribution in [0.4, 0.5) is 0 Å². The zero-order chi connectivity index (χ0) is 10.7. The fourth-order valence-electron chi connectivity index (χ4n) is 1.47. The van der Waals surface area contributed by atoms with Crippen LogP contribution < -0.4 is 5.32 Å². The number of hydrogen-bond acceptors (Lipinski definition) is 4. The van der Waals surface area contributed by atoms with Gasteiger partial charge in [-0.3, -0.25) is 9.67 Å². The van der Waals surface area contributed by atoms with Crippen molar-refractivity contribution in [3.8, 4) is 0 Å². The lowest BCUT2D eigenvalue weighted by molar-refractivity contribution is 0.695. The van der Waals surface area contributed by atoms with Gasteiger partial charge in [0.25, 0.3) is 0 Å². The van der Waals surface area contributed by atoms with Gasteiger partial charge in [0.1, 0.15) is 0 Å². The average Bonchev–Trinajstić information content (AvgIpc) is 2.84. The first kappa shape index (κ1) is 10.5. The number of nitrogens with one attached hydrogen (secondary N) is 1. The monoisotopic (exact) mass is 224 g/mol. The first-order chi connectivity index (χ1) is 7.29. The zero-order valence-electron chi connectivity index (χ0n) is 9.10. The third kappa shape index (κ3) is 2.53. The molecule has 2 heterocycles. The Morgan fingerprint density at radius 3 is 3.13 bits per heavy atom. The van der Waals surface area contributed by atoms with E-state index in [1.165, 1.54) is 12.1 Å². The Labute approximate surface area is 94.2 Å². The van der Waals surface area contributed by atoms with Gasteiger partial charge >= 0.3 is 0 Å². The van der Waals surface area contributed by atoms with Gasteiger partial charge in [-0.25, -0.2) is 0 Å². The van der Waals surface area contributed by atoms with E-state index in [2.05, 4.69) is 22.3 Å².